The Morgan fingerprint density at radius 1 is 1.05 bits per heavy atom. The number of β-amino-alcohol motifs (C(OH)–C–C–N with tert-alkyl or cyclic N) is 1. The Labute approximate surface area is 131 Å². The molecule has 22 heavy (non-hydrogen) atoms. The first-order valence-electron chi connectivity index (χ1n) is 7.94. The molecule has 2 saturated heterocycles. The number of para-hydroxylation sites is 1. The van der Waals surface area contributed by atoms with Gasteiger partial charge >= 0.3 is 0 Å². The lowest BCUT2D eigenvalue weighted by molar-refractivity contribution is -0.242. The van der Waals surface area contributed by atoms with E-state index in [-0.39, 0.29) is 12.1 Å². The molecule has 114 valence electrons. The van der Waals surface area contributed by atoms with Gasteiger partial charge in [-0.1, -0.05) is 55.5 Å². The van der Waals surface area contributed by atoms with Gasteiger partial charge in [-0.05, 0) is 30.0 Å². The number of rotatable bonds is 2. The van der Waals surface area contributed by atoms with E-state index >= 15 is 0 Å². The van der Waals surface area contributed by atoms with Crippen LogP contribution in [0.3, 0.4) is 0 Å². The Kier molecular flexibility index (Phi) is 3.21. The van der Waals surface area contributed by atoms with E-state index in [2.05, 4.69) is 48.2 Å². The van der Waals surface area contributed by atoms with Crippen molar-refractivity contribution in [3.8, 4) is 0 Å². The van der Waals surface area contributed by atoms with Crippen molar-refractivity contribution in [3.05, 3.63) is 66.2 Å². The van der Waals surface area contributed by atoms with E-state index in [0.29, 0.717) is 12.5 Å². The summed E-state index contributed by atoms with van der Waals surface area (Å²) in [6.45, 7) is 2.63. The van der Waals surface area contributed by atoms with Gasteiger partial charge in [0, 0.05) is 11.6 Å². The fourth-order valence-electron chi connectivity index (χ4n) is 3.85. The van der Waals surface area contributed by atoms with Gasteiger partial charge in [-0.15, -0.1) is 0 Å². The molecule has 0 amide bonds. The first-order valence-corrected chi connectivity index (χ1v) is 7.94. The molecule has 3 nitrogen and oxygen atoms in total. The van der Waals surface area contributed by atoms with Crippen LogP contribution in [0.25, 0.3) is 0 Å². The zero-order chi connectivity index (χ0) is 15.2. The number of aliphatic hydroxyl groups is 1. The van der Waals surface area contributed by atoms with Crippen LogP contribution < -0.4 is 4.90 Å². The van der Waals surface area contributed by atoms with Gasteiger partial charge in [0.2, 0.25) is 0 Å². The van der Waals surface area contributed by atoms with Crippen molar-refractivity contribution in [2.45, 2.75) is 31.3 Å². The molecule has 3 heteroatoms. The van der Waals surface area contributed by atoms with Crippen LogP contribution in [0.5, 0.6) is 0 Å². The topological polar surface area (TPSA) is 32.7 Å². The molecule has 2 aromatic rings. The fraction of sp³-hybridized carbons (Fsp3) is 0.368. The van der Waals surface area contributed by atoms with Crippen LogP contribution in [0.4, 0.5) is 5.69 Å². The summed E-state index contributed by atoms with van der Waals surface area (Å²) >= 11 is 0. The quantitative estimate of drug-likeness (QED) is 0.922. The Bertz CT molecular complexity index is 645. The first kappa shape index (κ1) is 13.8. The lowest BCUT2D eigenvalue weighted by atomic mass is 9.79. The summed E-state index contributed by atoms with van der Waals surface area (Å²) in [6.07, 6.45) is 0.844. The van der Waals surface area contributed by atoms with Crippen molar-refractivity contribution in [2.75, 3.05) is 11.4 Å². The van der Waals surface area contributed by atoms with Crippen LogP contribution in [0, 0.1) is 5.92 Å². The van der Waals surface area contributed by atoms with Crippen molar-refractivity contribution in [1.82, 2.24) is 0 Å². The van der Waals surface area contributed by atoms with Crippen LogP contribution in [-0.2, 0) is 4.74 Å². The predicted octanol–water partition coefficient (Wildman–Crippen LogP) is 3.36. The smallest absolute Gasteiger partial charge is 0.188 e. The number of ether oxygens (including phenoxy) is 1. The van der Waals surface area contributed by atoms with Gasteiger partial charge < -0.3 is 14.7 Å². The van der Waals surface area contributed by atoms with Crippen molar-refractivity contribution >= 4 is 5.69 Å². The van der Waals surface area contributed by atoms with Gasteiger partial charge in [0.15, 0.2) is 5.79 Å². The summed E-state index contributed by atoms with van der Waals surface area (Å²) in [5, 5.41) is 11.0. The average molecular weight is 295 g/mol. The third kappa shape index (κ3) is 2.13. The van der Waals surface area contributed by atoms with E-state index < -0.39 is 5.79 Å². The van der Waals surface area contributed by atoms with Crippen molar-refractivity contribution in [3.63, 3.8) is 0 Å². The summed E-state index contributed by atoms with van der Waals surface area (Å²) in [6, 6.07) is 20.7. The second kappa shape index (κ2) is 5.11. The fourth-order valence-corrected chi connectivity index (χ4v) is 3.85. The van der Waals surface area contributed by atoms with E-state index in [9.17, 15) is 5.11 Å². The molecular weight excluding hydrogens is 274 g/mol. The highest BCUT2D eigenvalue weighted by Crippen LogP contribution is 2.48. The second-order valence-corrected chi connectivity index (χ2v) is 6.42. The number of hydrogen-bond donors (Lipinski definition) is 1. The minimum Gasteiger partial charge on any atom is -0.364 e. The largest absolute Gasteiger partial charge is 0.364 e. The number of hydrogen-bond acceptors (Lipinski definition) is 3. The maximum atomic E-state index is 11.0. The molecule has 4 atom stereocenters. The Morgan fingerprint density at radius 2 is 1.68 bits per heavy atom. The van der Waals surface area contributed by atoms with Crippen LogP contribution in [0.2, 0.25) is 0 Å². The van der Waals surface area contributed by atoms with E-state index in [1.54, 1.807) is 0 Å². The molecule has 2 aliphatic rings. The number of anilines is 1. The summed E-state index contributed by atoms with van der Waals surface area (Å²) in [5.41, 5.74) is 2.40. The number of fused-ring (bicyclic) bond motifs is 2. The molecular formula is C19H21NO2. The third-order valence-corrected chi connectivity index (χ3v) is 5.17. The molecule has 0 saturated carbocycles. The second-order valence-electron chi connectivity index (χ2n) is 6.42. The molecule has 0 unspecified atom stereocenters. The standard InChI is InChI=1S/C19H21NO2/c1-14-17(15-8-4-2-5-9-15)12-18-20(13-19(14,21)22-18)16-10-6-3-7-11-16/h2-11,14,17-18,21H,12-13H2,1H3/t14-,17-,18+,19+/m1/s1. The Morgan fingerprint density at radius 3 is 2.36 bits per heavy atom. The van der Waals surface area contributed by atoms with Gasteiger partial charge in [0.1, 0.15) is 6.23 Å². The zero-order valence-corrected chi connectivity index (χ0v) is 12.7. The van der Waals surface area contributed by atoms with Crippen molar-refractivity contribution in [2.24, 2.45) is 5.92 Å². The van der Waals surface area contributed by atoms with E-state index in [1.807, 2.05) is 24.3 Å². The van der Waals surface area contributed by atoms with Gasteiger partial charge in [0.25, 0.3) is 0 Å². The molecule has 4 rings (SSSR count). The maximum Gasteiger partial charge on any atom is 0.188 e. The van der Waals surface area contributed by atoms with E-state index in [0.717, 1.165) is 12.1 Å². The summed E-state index contributed by atoms with van der Waals surface area (Å²) in [7, 11) is 0. The SMILES string of the molecule is C[C@@H]1[C@H](c2ccccc2)C[C@@H]2O[C@@]1(O)CN2c1ccccc1. The molecule has 0 aromatic heterocycles. The highest BCUT2D eigenvalue weighted by molar-refractivity contribution is 5.48. The van der Waals surface area contributed by atoms with E-state index in [1.165, 1.54) is 5.56 Å². The number of nitrogens with zero attached hydrogens (tertiary/aromatic N) is 1. The summed E-state index contributed by atoms with van der Waals surface area (Å²) in [4.78, 5) is 2.19. The van der Waals surface area contributed by atoms with Crippen LogP contribution in [-0.4, -0.2) is 23.7 Å². The van der Waals surface area contributed by atoms with Gasteiger partial charge in [-0.25, -0.2) is 0 Å². The van der Waals surface area contributed by atoms with Gasteiger partial charge in [0.05, 0.1) is 6.54 Å². The van der Waals surface area contributed by atoms with Crippen LogP contribution >= 0.6 is 0 Å². The monoisotopic (exact) mass is 295 g/mol. The minimum atomic E-state index is -1.07. The predicted molar refractivity (Wildman–Crippen MR) is 86.6 cm³/mol. The molecule has 0 aliphatic carbocycles. The highest BCUT2D eigenvalue weighted by atomic mass is 16.7. The lowest BCUT2D eigenvalue weighted by Crippen LogP contribution is -2.45. The third-order valence-electron chi connectivity index (χ3n) is 5.17. The normalized spacial score (nSPS) is 33.9. The first-order chi connectivity index (χ1) is 10.7. The van der Waals surface area contributed by atoms with Crippen molar-refractivity contribution < 1.29 is 9.84 Å². The highest BCUT2D eigenvalue weighted by Gasteiger charge is 2.55. The zero-order valence-electron chi connectivity index (χ0n) is 12.7. The molecule has 2 bridgehead atoms. The summed E-state index contributed by atoms with van der Waals surface area (Å²) in [5.74, 6) is -0.683. The molecule has 2 fully saturated rings. The molecule has 1 N–H and O–H groups in total. The molecule has 2 aromatic carbocycles. The Balaban J connectivity index is 1.67. The van der Waals surface area contributed by atoms with Gasteiger partial charge in [-0.2, -0.15) is 0 Å². The van der Waals surface area contributed by atoms with E-state index in [4.69, 9.17) is 4.74 Å². The molecule has 0 radical (unpaired) electrons. The lowest BCUT2D eigenvalue weighted by Gasteiger charge is -2.39. The molecule has 2 heterocycles. The van der Waals surface area contributed by atoms with Crippen LogP contribution in [0.1, 0.15) is 24.8 Å². The average Bonchev–Trinajstić information content (AvgIpc) is 2.86. The number of benzene rings is 2. The molecule has 0 spiro atoms. The van der Waals surface area contributed by atoms with Crippen molar-refractivity contribution in [1.29, 1.82) is 0 Å². The minimum absolute atomic E-state index is 0.0613. The summed E-state index contributed by atoms with van der Waals surface area (Å²) < 4.78 is 6.00. The van der Waals surface area contributed by atoms with Crippen LogP contribution in [0.15, 0.2) is 60.7 Å². The van der Waals surface area contributed by atoms with Gasteiger partial charge in [-0.3, -0.25) is 0 Å². The maximum absolute atomic E-state index is 11.0. The Hall–Kier alpha value is -1.84. The molecule has 2 aliphatic heterocycles.